The molecular weight excluding hydrogens is 258 g/mol. The summed E-state index contributed by atoms with van der Waals surface area (Å²) in [6.07, 6.45) is 4.31. The summed E-state index contributed by atoms with van der Waals surface area (Å²) in [5.41, 5.74) is 2.75. The molecule has 1 aliphatic heterocycles. The Morgan fingerprint density at radius 3 is 3.21 bits per heavy atom. The molecule has 0 radical (unpaired) electrons. The number of pyridine rings is 1. The van der Waals surface area contributed by atoms with Gasteiger partial charge in [-0.2, -0.15) is 0 Å². The Bertz CT molecular complexity index is 608. The fourth-order valence-corrected chi connectivity index (χ4v) is 3.26. The average Bonchev–Trinajstić information content (AvgIpc) is 2.93. The van der Waals surface area contributed by atoms with Crippen LogP contribution in [0.3, 0.4) is 0 Å². The fraction of sp³-hybridized carbons (Fsp3) is 0.286. The van der Waals surface area contributed by atoms with E-state index in [0.29, 0.717) is 12.1 Å². The maximum absolute atomic E-state index is 12.6. The fourth-order valence-electron chi connectivity index (χ4n) is 2.37. The molecule has 2 aromatic heterocycles. The third kappa shape index (κ3) is 2.21. The first kappa shape index (κ1) is 12.2. The van der Waals surface area contributed by atoms with Crippen molar-refractivity contribution in [3.63, 3.8) is 0 Å². The molecule has 5 heteroatoms. The lowest BCUT2D eigenvalue weighted by Gasteiger charge is -2.27. The van der Waals surface area contributed by atoms with Crippen LogP contribution in [0.1, 0.15) is 20.8 Å². The van der Waals surface area contributed by atoms with Crippen molar-refractivity contribution in [2.24, 2.45) is 0 Å². The van der Waals surface area contributed by atoms with Gasteiger partial charge >= 0.3 is 0 Å². The minimum absolute atomic E-state index is 0.0728. The second-order valence-corrected chi connectivity index (χ2v) is 5.52. The predicted octanol–water partition coefficient (Wildman–Crippen LogP) is 2.38. The van der Waals surface area contributed by atoms with Crippen molar-refractivity contribution in [1.82, 2.24) is 9.88 Å². The largest absolute Gasteiger partial charge is 0.386 e. The van der Waals surface area contributed by atoms with Crippen LogP contribution >= 0.6 is 11.3 Å². The molecule has 2 aromatic rings. The number of hydrogen-bond donors (Lipinski definition) is 1. The van der Waals surface area contributed by atoms with Crippen LogP contribution in [0.15, 0.2) is 29.9 Å². The summed E-state index contributed by atoms with van der Waals surface area (Å²) in [5, 5.41) is 5.12. The van der Waals surface area contributed by atoms with Gasteiger partial charge in [-0.15, -0.1) is 11.3 Å². The standard InChI is InChI=1S/C14H15N3OS/c1-15-12-8-16-5-2-11(12)14(18)17-6-3-13-10(9-17)4-7-19-13/h2,4-5,7-8,15H,3,6,9H2,1H3. The van der Waals surface area contributed by atoms with Gasteiger partial charge in [0.05, 0.1) is 17.4 Å². The Labute approximate surface area is 116 Å². The normalized spacial score (nSPS) is 14.1. The van der Waals surface area contributed by atoms with E-state index >= 15 is 0 Å². The molecule has 0 spiro atoms. The van der Waals surface area contributed by atoms with E-state index < -0.39 is 0 Å². The summed E-state index contributed by atoms with van der Waals surface area (Å²) in [7, 11) is 1.81. The first-order chi connectivity index (χ1) is 9.29. The Hall–Kier alpha value is -1.88. The SMILES string of the molecule is CNc1cnccc1C(=O)N1CCc2sccc2C1. The Kier molecular flexibility index (Phi) is 3.21. The molecule has 19 heavy (non-hydrogen) atoms. The van der Waals surface area contributed by atoms with Crippen LogP contribution in [0.4, 0.5) is 5.69 Å². The summed E-state index contributed by atoms with van der Waals surface area (Å²) in [5.74, 6) is 0.0728. The van der Waals surface area contributed by atoms with E-state index in [2.05, 4.69) is 21.7 Å². The Balaban J connectivity index is 1.85. The maximum Gasteiger partial charge on any atom is 0.256 e. The van der Waals surface area contributed by atoms with Crippen LogP contribution in [-0.2, 0) is 13.0 Å². The van der Waals surface area contributed by atoms with Crippen molar-refractivity contribution < 1.29 is 4.79 Å². The third-order valence-electron chi connectivity index (χ3n) is 3.42. The number of carbonyl (C=O) groups is 1. The molecule has 0 saturated carbocycles. The first-order valence-corrected chi connectivity index (χ1v) is 7.14. The number of nitrogens with zero attached hydrogens (tertiary/aromatic N) is 2. The lowest BCUT2D eigenvalue weighted by atomic mass is 10.1. The zero-order chi connectivity index (χ0) is 13.2. The molecule has 0 atom stereocenters. The molecule has 0 saturated heterocycles. The lowest BCUT2D eigenvalue weighted by Crippen LogP contribution is -2.35. The van der Waals surface area contributed by atoms with Crippen molar-refractivity contribution in [2.45, 2.75) is 13.0 Å². The molecule has 1 aliphatic rings. The predicted molar refractivity (Wildman–Crippen MR) is 76.5 cm³/mol. The van der Waals surface area contributed by atoms with Crippen LogP contribution in [0.25, 0.3) is 0 Å². The lowest BCUT2D eigenvalue weighted by molar-refractivity contribution is 0.0736. The molecule has 98 valence electrons. The molecule has 1 amide bonds. The monoisotopic (exact) mass is 273 g/mol. The number of fused-ring (bicyclic) bond motifs is 1. The van der Waals surface area contributed by atoms with E-state index in [0.717, 1.165) is 18.7 Å². The number of hydrogen-bond acceptors (Lipinski definition) is 4. The summed E-state index contributed by atoms with van der Waals surface area (Å²) in [4.78, 5) is 19.9. The Morgan fingerprint density at radius 2 is 2.37 bits per heavy atom. The molecule has 0 aromatic carbocycles. The smallest absolute Gasteiger partial charge is 0.256 e. The molecule has 3 rings (SSSR count). The van der Waals surface area contributed by atoms with Gasteiger partial charge in [-0.1, -0.05) is 0 Å². The van der Waals surface area contributed by atoms with Gasteiger partial charge in [-0.3, -0.25) is 9.78 Å². The first-order valence-electron chi connectivity index (χ1n) is 6.26. The number of thiophene rings is 1. The quantitative estimate of drug-likeness (QED) is 0.913. The van der Waals surface area contributed by atoms with E-state index in [1.165, 1.54) is 10.4 Å². The van der Waals surface area contributed by atoms with Crippen molar-refractivity contribution in [1.29, 1.82) is 0 Å². The van der Waals surface area contributed by atoms with Gasteiger partial charge in [0.2, 0.25) is 0 Å². The van der Waals surface area contributed by atoms with E-state index in [9.17, 15) is 4.79 Å². The molecule has 3 heterocycles. The average molecular weight is 273 g/mol. The molecule has 0 aliphatic carbocycles. The van der Waals surface area contributed by atoms with Crippen molar-refractivity contribution >= 4 is 22.9 Å². The third-order valence-corrected chi connectivity index (χ3v) is 4.44. The van der Waals surface area contributed by atoms with Gasteiger partial charge in [0.25, 0.3) is 5.91 Å². The van der Waals surface area contributed by atoms with E-state index in [1.807, 2.05) is 4.90 Å². The van der Waals surface area contributed by atoms with Crippen LogP contribution < -0.4 is 5.32 Å². The van der Waals surface area contributed by atoms with E-state index in [-0.39, 0.29) is 5.91 Å². The van der Waals surface area contributed by atoms with Gasteiger partial charge in [-0.05, 0) is 29.5 Å². The van der Waals surface area contributed by atoms with E-state index in [1.54, 1.807) is 36.8 Å². The number of rotatable bonds is 2. The van der Waals surface area contributed by atoms with Crippen LogP contribution in [0.2, 0.25) is 0 Å². The maximum atomic E-state index is 12.6. The number of aromatic nitrogens is 1. The highest BCUT2D eigenvalue weighted by molar-refractivity contribution is 7.10. The van der Waals surface area contributed by atoms with Crippen LogP contribution in [0, 0.1) is 0 Å². The van der Waals surface area contributed by atoms with Crippen molar-refractivity contribution in [3.05, 3.63) is 45.9 Å². The molecule has 0 fully saturated rings. The minimum Gasteiger partial charge on any atom is -0.386 e. The molecule has 0 unspecified atom stereocenters. The van der Waals surface area contributed by atoms with Gasteiger partial charge in [0, 0.05) is 31.2 Å². The van der Waals surface area contributed by atoms with Crippen LogP contribution in [0.5, 0.6) is 0 Å². The van der Waals surface area contributed by atoms with Crippen molar-refractivity contribution in [2.75, 3.05) is 18.9 Å². The minimum atomic E-state index is 0.0728. The number of nitrogens with one attached hydrogen (secondary N) is 1. The summed E-state index contributed by atoms with van der Waals surface area (Å²) in [6.45, 7) is 1.50. The van der Waals surface area contributed by atoms with Crippen molar-refractivity contribution in [3.8, 4) is 0 Å². The van der Waals surface area contributed by atoms with Gasteiger partial charge < -0.3 is 10.2 Å². The number of carbonyl (C=O) groups excluding carboxylic acids is 1. The summed E-state index contributed by atoms with van der Waals surface area (Å²) < 4.78 is 0. The molecule has 4 nitrogen and oxygen atoms in total. The van der Waals surface area contributed by atoms with Gasteiger partial charge in [0.1, 0.15) is 0 Å². The zero-order valence-corrected chi connectivity index (χ0v) is 11.5. The van der Waals surface area contributed by atoms with E-state index in [4.69, 9.17) is 0 Å². The summed E-state index contributed by atoms with van der Waals surface area (Å²) >= 11 is 1.78. The second kappa shape index (κ2) is 5.01. The molecular formula is C14H15N3OS. The molecule has 0 bridgehead atoms. The highest BCUT2D eigenvalue weighted by atomic mass is 32.1. The number of amides is 1. The number of anilines is 1. The van der Waals surface area contributed by atoms with Gasteiger partial charge in [0.15, 0.2) is 0 Å². The topological polar surface area (TPSA) is 45.2 Å². The Morgan fingerprint density at radius 1 is 1.47 bits per heavy atom. The second-order valence-electron chi connectivity index (χ2n) is 4.52. The van der Waals surface area contributed by atoms with Crippen LogP contribution in [-0.4, -0.2) is 29.4 Å². The summed E-state index contributed by atoms with van der Waals surface area (Å²) in [6, 6.07) is 3.89. The van der Waals surface area contributed by atoms with Gasteiger partial charge in [-0.25, -0.2) is 0 Å². The zero-order valence-electron chi connectivity index (χ0n) is 10.7. The highest BCUT2D eigenvalue weighted by Crippen LogP contribution is 2.26. The molecule has 1 N–H and O–H groups in total. The highest BCUT2D eigenvalue weighted by Gasteiger charge is 2.23.